The van der Waals surface area contributed by atoms with Crippen molar-refractivity contribution in [3.8, 4) is 0 Å². The van der Waals surface area contributed by atoms with Crippen LogP contribution in [0.1, 0.15) is 39.5 Å². The largest absolute Gasteiger partial charge is 0.393 e. The number of nitrogens with two attached hydrogens (primary N) is 1. The molecular formula is C12H22N2OS2. The van der Waals surface area contributed by atoms with Crippen molar-refractivity contribution in [2.75, 3.05) is 12.3 Å². The smallest absolute Gasteiger partial charge is 0.235 e. The Bertz CT molecular complexity index is 276. The van der Waals surface area contributed by atoms with Crippen molar-refractivity contribution in [2.45, 2.75) is 50.8 Å². The van der Waals surface area contributed by atoms with E-state index in [1.807, 2.05) is 18.7 Å². The summed E-state index contributed by atoms with van der Waals surface area (Å²) < 4.78 is 0. The molecule has 1 heterocycles. The summed E-state index contributed by atoms with van der Waals surface area (Å²) in [6.07, 6.45) is 4.05. The Labute approximate surface area is 113 Å². The molecule has 1 fully saturated rings. The standard InChI is InChI=1S/C12H22N2OS2/c1-9(2)14(7-6-11(13)16)12(15)10-5-3-4-8-17-10/h9-10H,3-8H2,1-2H3,(H2,13,16). The van der Waals surface area contributed by atoms with Gasteiger partial charge in [-0.3, -0.25) is 4.79 Å². The normalized spacial score (nSPS) is 20.3. The molecule has 0 radical (unpaired) electrons. The van der Waals surface area contributed by atoms with Crippen LogP contribution in [0, 0.1) is 0 Å². The maximum atomic E-state index is 12.4. The highest BCUT2D eigenvalue weighted by Gasteiger charge is 2.27. The summed E-state index contributed by atoms with van der Waals surface area (Å²) in [6.45, 7) is 4.75. The molecule has 17 heavy (non-hydrogen) atoms. The molecule has 1 aliphatic rings. The fourth-order valence-electron chi connectivity index (χ4n) is 1.97. The van der Waals surface area contributed by atoms with Crippen LogP contribution in [0.25, 0.3) is 0 Å². The molecule has 0 aromatic heterocycles. The number of hydrogen-bond acceptors (Lipinski definition) is 3. The molecule has 0 aromatic rings. The first-order valence-corrected chi connectivity index (χ1v) is 7.68. The third kappa shape index (κ3) is 4.84. The van der Waals surface area contributed by atoms with Crippen LogP contribution in [0.4, 0.5) is 0 Å². The van der Waals surface area contributed by atoms with Gasteiger partial charge < -0.3 is 10.6 Å². The van der Waals surface area contributed by atoms with Gasteiger partial charge in [-0.25, -0.2) is 0 Å². The van der Waals surface area contributed by atoms with Crippen LogP contribution < -0.4 is 5.73 Å². The first-order chi connectivity index (χ1) is 8.02. The first-order valence-electron chi connectivity index (χ1n) is 6.22. The third-order valence-corrected chi connectivity index (χ3v) is 4.53. The van der Waals surface area contributed by atoms with Gasteiger partial charge in [0.05, 0.1) is 10.2 Å². The fourth-order valence-corrected chi connectivity index (χ4v) is 3.33. The van der Waals surface area contributed by atoms with Crippen molar-refractivity contribution in [3.63, 3.8) is 0 Å². The molecule has 1 saturated heterocycles. The second-order valence-electron chi connectivity index (χ2n) is 4.70. The molecule has 5 heteroatoms. The van der Waals surface area contributed by atoms with E-state index in [2.05, 4.69) is 0 Å². The minimum absolute atomic E-state index is 0.150. The van der Waals surface area contributed by atoms with Gasteiger partial charge in [-0.05, 0) is 32.4 Å². The second-order valence-corrected chi connectivity index (χ2v) is 6.53. The monoisotopic (exact) mass is 274 g/mol. The van der Waals surface area contributed by atoms with Crippen molar-refractivity contribution in [1.29, 1.82) is 0 Å². The molecule has 0 spiro atoms. The Kier molecular flexibility index (Phi) is 6.27. The van der Waals surface area contributed by atoms with Crippen molar-refractivity contribution in [1.82, 2.24) is 4.90 Å². The van der Waals surface area contributed by atoms with E-state index in [9.17, 15) is 4.79 Å². The lowest BCUT2D eigenvalue weighted by molar-refractivity contribution is -0.132. The van der Waals surface area contributed by atoms with Gasteiger partial charge in [0.15, 0.2) is 0 Å². The molecule has 0 aliphatic carbocycles. The number of nitrogens with zero attached hydrogens (tertiary/aromatic N) is 1. The Morgan fingerprint density at radius 3 is 2.71 bits per heavy atom. The minimum Gasteiger partial charge on any atom is -0.393 e. The van der Waals surface area contributed by atoms with Gasteiger partial charge >= 0.3 is 0 Å². The summed E-state index contributed by atoms with van der Waals surface area (Å²) in [4.78, 5) is 14.8. The van der Waals surface area contributed by atoms with Gasteiger partial charge in [-0.15, -0.1) is 11.8 Å². The predicted octanol–water partition coefficient (Wildman–Crippen LogP) is 2.19. The highest BCUT2D eigenvalue weighted by molar-refractivity contribution is 8.00. The number of rotatable bonds is 5. The molecule has 0 aromatic carbocycles. The maximum Gasteiger partial charge on any atom is 0.235 e. The summed E-state index contributed by atoms with van der Waals surface area (Å²) in [5, 5.41) is 0.150. The van der Waals surface area contributed by atoms with E-state index in [1.165, 1.54) is 12.8 Å². The van der Waals surface area contributed by atoms with E-state index in [0.29, 0.717) is 18.0 Å². The molecule has 1 unspecified atom stereocenters. The summed E-state index contributed by atoms with van der Waals surface area (Å²) in [5.41, 5.74) is 5.51. The first kappa shape index (κ1) is 14.8. The van der Waals surface area contributed by atoms with Crippen LogP contribution in [-0.4, -0.2) is 39.4 Å². The van der Waals surface area contributed by atoms with Crippen molar-refractivity contribution in [3.05, 3.63) is 0 Å². The van der Waals surface area contributed by atoms with Gasteiger partial charge in [0.25, 0.3) is 0 Å². The van der Waals surface area contributed by atoms with Crippen LogP contribution in [-0.2, 0) is 4.79 Å². The van der Waals surface area contributed by atoms with Gasteiger partial charge in [-0.1, -0.05) is 18.6 Å². The summed E-state index contributed by atoms with van der Waals surface area (Å²) in [6, 6.07) is 0.222. The van der Waals surface area contributed by atoms with Crippen molar-refractivity contribution >= 4 is 34.9 Å². The molecule has 98 valence electrons. The average Bonchev–Trinajstić information content (AvgIpc) is 2.29. The molecule has 0 bridgehead atoms. The molecule has 1 amide bonds. The van der Waals surface area contributed by atoms with E-state index in [-0.39, 0.29) is 17.2 Å². The van der Waals surface area contributed by atoms with E-state index in [4.69, 9.17) is 18.0 Å². The number of carbonyl (C=O) groups is 1. The number of thiocarbonyl (C=S) groups is 1. The molecule has 1 aliphatic heterocycles. The Morgan fingerprint density at radius 1 is 1.53 bits per heavy atom. The quantitative estimate of drug-likeness (QED) is 0.781. The second kappa shape index (κ2) is 7.21. The van der Waals surface area contributed by atoms with E-state index < -0.39 is 0 Å². The lowest BCUT2D eigenvalue weighted by atomic mass is 10.1. The highest BCUT2D eigenvalue weighted by Crippen LogP contribution is 2.27. The third-order valence-electron chi connectivity index (χ3n) is 2.96. The predicted molar refractivity (Wildman–Crippen MR) is 78.3 cm³/mol. The van der Waals surface area contributed by atoms with E-state index in [0.717, 1.165) is 12.2 Å². The van der Waals surface area contributed by atoms with Gasteiger partial charge in [0.2, 0.25) is 5.91 Å². The van der Waals surface area contributed by atoms with Crippen LogP contribution in [0.3, 0.4) is 0 Å². The Morgan fingerprint density at radius 2 is 2.24 bits per heavy atom. The van der Waals surface area contributed by atoms with Crippen LogP contribution in [0.5, 0.6) is 0 Å². The molecule has 2 N–H and O–H groups in total. The van der Waals surface area contributed by atoms with Crippen LogP contribution >= 0.6 is 24.0 Å². The Balaban J connectivity index is 2.55. The zero-order valence-electron chi connectivity index (χ0n) is 10.6. The molecular weight excluding hydrogens is 252 g/mol. The lowest BCUT2D eigenvalue weighted by Crippen LogP contribution is -2.44. The van der Waals surface area contributed by atoms with Crippen molar-refractivity contribution in [2.24, 2.45) is 5.73 Å². The van der Waals surface area contributed by atoms with Crippen molar-refractivity contribution < 1.29 is 4.79 Å². The number of hydrogen-bond donors (Lipinski definition) is 1. The topological polar surface area (TPSA) is 46.3 Å². The fraction of sp³-hybridized carbons (Fsp3) is 0.833. The zero-order chi connectivity index (χ0) is 12.8. The molecule has 3 nitrogen and oxygen atoms in total. The molecule has 1 rings (SSSR count). The van der Waals surface area contributed by atoms with Crippen LogP contribution in [0.15, 0.2) is 0 Å². The molecule has 1 atom stereocenters. The highest BCUT2D eigenvalue weighted by atomic mass is 32.2. The Hall–Kier alpha value is -0.290. The average molecular weight is 274 g/mol. The SMILES string of the molecule is CC(C)N(CCC(N)=S)C(=O)C1CCCCS1. The van der Waals surface area contributed by atoms with Crippen LogP contribution in [0.2, 0.25) is 0 Å². The summed E-state index contributed by atoms with van der Waals surface area (Å²) in [5.74, 6) is 1.37. The van der Waals surface area contributed by atoms with E-state index >= 15 is 0 Å². The maximum absolute atomic E-state index is 12.4. The zero-order valence-corrected chi connectivity index (χ0v) is 12.3. The summed E-state index contributed by atoms with van der Waals surface area (Å²) in [7, 11) is 0. The van der Waals surface area contributed by atoms with Gasteiger partial charge in [-0.2, -0.15) is 0 Å². The number of carbonyl (C=O) groups excluding carboxylic acids is 1. The van der Waals surface area contributed by atoms with Gasteiger partial charge in [0, 0.05) is 19.0 Å². The van der Waals surface area contributed by atoms with E-state index in [1.54, 1.807) is 11.8 Å². The molecule has 0 saturated carbocycles. The number of thioether (sulfide) groups is 1. The number of amides is 1. The lowest BCUT2D eigenvalue weighted by Gasteiger charge is -2.31. The minimum atomic E-state index is 0.150. The van der Waals surface area contributed by atoms with Gasteiger partial charge in [0.1, 0.15) is 0 Å². The summed E-state index contributed by atoms with van der Waals surface area (Å²) >= 11 is 6.67.